The molecule has 0 atom stereocenters. The molecule has 0 aliphatic carbocycles. The molecule has 0 N–H and O–H groups in total. The van der Waals surface area contributed by atoms with Crippen LogP contribution in [0, 0.1) is 0 Å². The predicted octanol–water partition coefficient (Wildman–Crippen LogP) is 2.05. The van der Waals surface area contributed by atoms with Crippen LogP contribution in [0.5, 0.6) is 0 Å². The molecule has 4 nitrogen and oxygen atoms in total. The molecule has 0 unspecified atom stereocenters. The first-order valence-corrected chi connectivity index (χ1v) is 5.39. The Bertz CT molecular complexity index is 504. The van der Waals surface area contributed by atoms with Crippen molar-refractivity contribution in [2.45, 2.75) is 0 Å². The number of carbonyl (C=O) groups excluding carboxylic acids is 1. The smallest absolute Gasteiger partial charge is 0.365 e. The lowest BCUT2D eigenvalue weighted by Crippen LogP contribution is -2.07. The number of esters is 1. The van der Waals surface area contributed by atoms with E-state index >= 15 is 0 Å². The van der Waals surface area contributed by atoms with Crippen molar-refractivity contribution in [2.75, 3.05) is 14.1 Å². The summed E-state index contributed by atoms with van der Waals surface area (Å²) in [6, 6.07) is 6.96. The van der Waals surface area contributed by atoms with Gasteiger partial charge in [-0.15, -0.1) is 0 Å². The molecule has 2 rings (SSSR count). The number of carbonyl (C=O) groups is 1. The third-order valence-electron chi connectivity index (χ3n) is 2.09. The van der Waals surface area contributed by atoms with Gasteiger partial charge in [0.2, 0.25) is 5.90 Å². The summed E-state index contributed by atoms with van der Waals surface area (Å²) < 4.78 is 5.07. The highest BCUT2D eigenvalue weighted by Crippen LogP contribution is 2.18. The second-order valence-corrected chi connectivity index (χ2v) is 4.23. The van der Waals surface area contributed by atoms with Crippen molar-refractivity contribution in [3.63, 3.8) is 0 Å². The van der Waals surface area contributed by atoms with E-state index in [1.165, 1.54) is 0 Å². The van der Waals surface area contributed by atoms with Crippen molar-refractivity contribution in [3.05, 3.63) is 46.7 Å². The van der Waals surface area contributed by atoms with E-state index in [1.807, 2.05) is 14.1 Å². The van der Waals surface area contributed by atoms with Crippen molar-refractivity contribution >= 4 is 23.5 Å². The van der Waals surface area contributed by atoms with E-state index in [4.69, 9.17) is 16.3 Å². The summed E-state index contributed by atoms with van der Waals surface area (Å²) in [7, 11) is 3.63. The minimum Gasteiger partial charge on any atom is -0.402 e. The van der Waals surface area contributed by atoms with Crippen molar-refractivity contribution in [1.29, 1.82) is 0 Å². The van der Waals surface area contributed by atoms with E-state index in [2.05, 4.69) is 4.99 Å². The van der Waals surface area contributed by atoms with E-state index < -0.39 is 5.97 Å². The zero-order chi connectivity index (χ0) is 12.4. The van der Waals surface area contributed by atoms with Crippen LogP contribution in [0.15, 0.2) is 41.2 Å². The summed E-state index contributed by atoms with van der Waals surface area (Å²) in [5.41, 5.74) is 1.02. The Morgan fingerprint density at radius 2 is 1.94 bits per heavy atom. The minimum atomic E-state index is -0.441. The normalized spacial score (nSPS) is 17.0. The van der Waals surface area contributed by atoms with Gasteiger partial charge < -0.3 is 9.64 Å². The van der Waals surface area contributed by atoms with Crippen LogP contribution in [-0.2, 0) is 9.53 Å². The Morgan fingerprint density at radius 3 is 2.53 bits per heavy atom. The molecule has 0 fully saturated rings. The molecule has 1 aromatic rings. The molecule has 1 aromatic carbocycles. The van der Waals surface area contributed by atoms with Crippen LogP contribution < -0.4 is 0 Å². The van der Waals surface area contributed by atoms with Crippen molar-refractivity contribution in [3.8, 4) is 0 Å². The fraction of sp³-hybridized carbons (Fsp3) is 0.167. The van der Waals surface area contributed by atoms with Crippen molar-refractivity contribution in [1.82, 2.24) is 4.90 Å². The molecule has 5 heteroatoms. The molecule has 0 radical (unpaired) electrons. The molecule has 17 heavy (non-hydrogen) atoms. The summed E-state index contributed by atoms with van der Waals surface area (Å²) in [6.45, 7) is 0. The second-order valence-electron chi connectivity index (χ2n) is 3.79. The number of halogens is 1. The summed E-state index contributed by atoms with van der Waals surface area (Å²) in [4.78, 5) is 17.4. The summed E-state index contributed by atoms with van der Waals surface area (Å²) >= 11 is 5.78. The van der Waals surface area contributed by atoms with E-state index in [9.17, 15) is 4.79 Å². The quantitative estimate of drug-likeness (QED) is 0.596. The molecule has 0 aromatic heterocycles. The molecule has 1 aliphatic rings. The van der Waals surface area contributed by atoms with Crippen LogP contribution in [0.1, 0.15) is 5.56 Å². The average molecular weight is 251 g/mol. The number of nitrogens with zero attached hydrogens (tertiary/aromatic N) is 2. The molecule has 0 amide bonds. The third kappa shape index (κ3) is 2.65. The molecule has 1 heterocycles. The lowest BCUT2D eigenvalue weighted by Gasteiger charge is -2.02. The minimum absolute atomic E-state index is 0.292. The maximum atomic E-state index is 11.5. The van der Waals surface area contributed by atoms with Crippen LogP contribution in [-0.4, -0.2) is 30.9 Å². The molecule has 0 spiro atoms. The number of benzene rings is 1. The summed E-state index contributed by atoms with van der Waals surface area (Å²) in [6.07, 6.45) is 1.62. The monoisotopic (exact) mass is 250 g/mol. The largest absolute Gasteiger partial charge is 0.402 e. The van der Waals surface area contributed by atoms with E-state index in [0.717, 1.165) is 5.56 Å². The highest BCUT2D eigenvalue weighted by atomic mass is 35.5. The Labute approximate surface area is 104 Å². The average Bonchev–Trinajstić information content (AvgIpc) is 2.60. The van der Waals surface area contributed by atoms with E-state index in [-0.39, 0.29) is 0 Å². The first-order valence-electron chi connectivity index (χ1n) is 5.01. The van der Waals surface area contributed by atoms with Crippen LogP contribution in [0.25, 0.3) is 0 Å². The number of hydrogen-bond acceptors (Lipinski definition) is 4. The summed E-state index contributed by atoms with van der Waals surface area (Å²) in [5.74, 6) is -0.136. The topological polar surface area (TPSA) is 41.9 Å². The van der Waals surface area contributed by atoms with Gasteiger partial charge >= 0.3 is 5.97 Å². The van der Waals surface area contributed by atoms with Crippen LogP contribution in [0.4, 0.5) is 0 Å². The fourth-order valence-electron chi connectivity index (χ4n) is 1.36. The molecule has 1 aliphatic heterocycles. The Balaban J connectivity index is 2.30. The third-order valence-corrected chi connectivity index (χ3v) is 2.34. The number of rotatable bonds is 2. The van der Waals surface area contributed by atoms with Gasteiger partial charge in [0.25, 0.3) is 0 Å². The zero-order valence-electron chi connectivity index (χ0n) is 9.48. The predicted molar refractivity (Wildman–Crippen MR) is 65.9 cm³/mol. The van der Waals surface area contributed by atoms with Gasteiger partial charge in [-0.1, -0.05) is 11.6 Å². The highest BCUT2D eigenvalue weighted by molar-refractivity contribution is 6.30. The van der Waals surface area contributed by atoms with Crippen LogP contribution in [0.3, 0.4) is 0 Å². The van der Waals surface area contributed by atoms with E-state index in [1.54, 1.807) is 35.4 Å². The lowest BCUT2D eigenvalue weighted by atomic mass is 10.2. The number of cyclic esters (lactones) is 1. The first-order chi connectivity index (χ1) is 8.06. The molecule has 0 saturated carbocycles. The SMILES string of the molecule is CN(C)/C=C1\N=C(c2ccc(Cl)cc2)OC1=O. The Kier molecular flexibility index (Phi) is 3.15. The molecular weight excluding hydrogens is 240 g/mol. The first kappa shape index (κ1) is 11.7. The molecule has 0 bridgehead atoms. The van der Waals surface area contributed by atoms with E-state index in [0.29, 0.717) is 16.6 Å². The van der Waals surface area contributed by atoms with Crippen molar-refractivity contribution < 1.29 is 9.53 Å². The van der Waals surface area contributed by atoms with Gasteiger partial charge in [0, 0.05) is 30.9 Å². The number of ether oxygens (including phenoxy) is 1. The van der Waals surface area contributed by atoms with Crippen LogP contribution >= 0.6 is 11.6 Å². The molecular formula is C12H11ClN2O2. The van der Waals surface area contributed by atoms with Gasteiger partial charge in [-0.05, 0) is 24.3 Å². The van der Waals surface area contributed by atoms with Gasteiger partial charge in [0.05, 0.1) is 0 Å². The van der Waals surface area contributed by atoms with Gasteiger partial charge in [0.15, 0.2) is 5.70 Å². The highest BCUT2D eigenvalue weighted by Gasteiger charge is 2.24. The van der Waals surface area contributed by atoms with Gasteiger partial charge in [-0.3, -0.25) is 0 Å². The number of aliphatic imine (C=N–C) groups is 1. The van der Waals surface area contributed by atoms with Gasteiger partial charge in [-0.25, -0.2) is 9.79 Å². The fourth-order valence-corrected chi connectivity index (χ4v) is 1.49. The molecule has 88 valence electrons. The number of hydrogen-bond donors (Lipinski definition) is 0. The Morgan fingerprint density at radius 1 is 1.29 bits per heavy atom. The lowest BCUT2D eigenvalue weighted by molar-refractivity contribution is -0.130. The maximum absolute atomic E-state index is 11.5. The second kappa shape index (κ2) is 4.59. The van der Waals surface area contributed by atoms with Crippen LogP contribution in [0.2, 0.25) is 5.02 Å². The van der Waals surface area contributed by atoms with Gasteiger partial charge in [-0.2, -0.15) is 0 Å². The molecule has 0 saturated heterocycles. The maximum Gasteiger partial charge on any atom is 0.365 e. The zero-order valence-corrected chi connectivity index (χ0v) is 10.2. The summed E-state index contributed by atoms with van der Waals surface area (Å²) in [5, 5.41) is 0.628. The Hall–Kier alpha value is -1.81. The standard InChI is InChI=1S/C12H11ClN2O2/c1-15(2)7-10-12(16)17-11(14-10)8-3-5-9(13)6-4-8/h3-7H,1-2H3/b10-7-. The van der Waals surface area contributed by atoms with Crippen molar-refractivity contribution in [2.24, 2.45) is 4.99 Å². The van der Waals surface area contributed by atoms with Gasteiger partial charge in [0.1, 0.15) is 0 Å².